The van der Waals surface area contributed by atoms with Crippen LogP contribution in [0.4, 0.5) is 14.5 Å². The van der Waals surface area contributed by atoms with Crippen molar-refractivity contribution in [2.75, 3.05) is 5.32 Å². The topological polar surface area (TPSA) is 42.0 Å². The van der Waals surface area contributed by atoms with Gasteiger partial charge in [-0.05, 0) is 53.3 Å². The Kier molecular flexibility index (Phi) is 5.43. The van der Waals surface area contributed by atoms with E-state index in [0.717, 1.165) is 26.0 Å². The number of benzene rings is 2. The van der Waals surface area contributed by atoms with Gasteiger partial charge in [-0.25, -0.2) is 13.8 Å². The van der Waals surface area contributed by atoms with Crippen molar-refractivity contribution in [2.45, 2.75) is 13.3 Å². The predicted molar refractivity (Wildman–Crippen MR) is 104 cm³/mol. The number of alkyl halides is 2. The molecule has 25 heavy (non-hydrogen) atoms. The fourth-order valence-corrected chi connectivity index (χ4v) is 3.59. The Morgan fingerprint density at radius 3 is 2.52 bits per heavy atom. The molecular formula is C18H13F2IN2OS. The van der Waals surface area contributed by atoms with Crippen molar-refractivity contribution in [3.8, 4) is 11.1 Å². The minimum Gasteiger partial charge on any atom is -0.321 e. The number of hydrogen-bond acceptors (Lipinski definition) is 3. The van der Waals surface area contributed by atoms with E-state index in [2.05, 4.69) is 32.9 Å². The van der Waals surface area contributed by atoms with Crippen molar-refractivity contribution in [2.24, 2.45) is 0 Å². The standard InChI is InChI=1S/C18H13F2IN2OS/c1-10-22-15(17(19)20)16(25-10)18(24)23-14-5-3-2-4-13(14)11-6-8-12(21)9-7-11/h2-9,17H,1H3,(H,23,24). The van der Waals surface area contributed by atoms with Crippen LogP contribution in [-0.4, -0.2) is 10.9 Å². The summed E-state index contributed by atoms with van der Waals surface area (Å²) in [5.74, 6) is -0.570. The van der Waals surface area contributed by atoms with Crippen LogP contribution in [0.25, 0.3) is 11.1 Å². The second-order valence-electron chi connectivity index (χ2n) is 5.25. The number of aryl methyl sites for hydroxylation is 1. The molecule has 0 saturated heterocycles. The second kappa shape index (κ2) is 7.57. The summed E-state index contributed by atoms with van der Waals surface area (Å²) in [5.41, 5.74) is 1.87. The van der Waals surface area contributed by atoms with Crippen LogP contribution < -0.4 is 5.32 Å². The van der Waals surface area contributed by atoms with Crippen molar-refractivity contribution in [1.82, 2.24) is 4.98 Å². The van der Waals surface area contributed by atoms with Gasteiger partial charge in [0.05, 0.1) is 5.01 Å². The SMILES string of the molecule is Cc1nc(C(F)F)c(C(=O)Nc2ccccc2-c2ccc(I)cc2)s1. The van der Waals surface area contributed by atoms with Crippen LogP contribution in [0.15, 0.2) is 48.5 Å². The monoisotopic (exact) mass is 470 g/mol. The summed E-state index contributed by atoms with van der Waals surface area (Å²) in [6.07, 6.45) is -2.78. The minimum atomic E-state index is -2.78. The fourth-order valence-electron chi connectivity index (χ4n) is 2.41. The Morgan fingerprint density at radius 1 is 1.16 bits per heavy atom. The van der Waals surface area contributed by atoms with Gasteiger partial charge in [0.1, 0.15) is 10.6 Å². The highest BCUT2D eigenvalue weighted by atomic mass is 127. The van der Waals surface area contributed by atoms with Crippen LogP contribution in [0.2, 0.25) is 0 Å². The molecule has 0 fully saturated rings. The van der Waals surface area contributed by atoms with E-state index in [1.165, 1.54) is 0 Å². The lowest BCUT2D eigenvalue weighted by molar-refractivity contribution is 0.101. The molecule has 3 aromatic rings. The quantitative estimate of drug-likeness (QED) is 0.482. The molecule has 0 unspecified atom stereocenters. The lowest BCUT2D eigenvalue weighted by atomic mass is 10.0. The van der Waals surface area contributed by atoms with Crippen LogP contribution in [-0.2, 0) is 0 Å². The summed E-state index contributed by atoms with van der Waals surface area (Å²) in [7, 11) is 0. The molecule has 0 radical (unpaired) electrons. The van der Waals surface area contributed by atoms with Crippen molar-refractivity contribution in [1.29, 1.82) is 0 Å². The number of amides is 1. The van der Waals surface area contributed by atoms with E-state index in [-0.39, 0.29) is 4.88 Å². The third kappa shape index (κ3) is 4.04. The maximum atomic E-state index is 13.1. The van der Waals surface area contributed by atoms with Gasteiger partial charge < -0.3 is 5.32 Å². The van der Waals surface area contributed by atoms with Crippen LogP contribution in [0, 0.1) is 10.5 Å². The highest BCUT2D eigenvalue weighted by Crippen LogP contribution is 2.31. The Hall–Kier alpha value is -1.87. The molecule has 0 saturated carbocycles. The Balaban J connectivity index is 1.94. The summed E-state index contributed by atoms with van der Waals surface area (Å²) >= 11 is 3.19. The zero-order chi connectivity index (χ0) is 18.0. The summed E-state index contributed by atoms with van der Waals surface area (Å²) in [5, 5.41) is 3.18. The van der Waals surface area contributed by atoms with Gasteiger partial charge in [0.2, 0.25) is 0 Å². The van der Waals surface area contributed by atoms with Gasteiger partial charge in [-0.15, -0.1) is 11.3 Å². The molecule has 128 valence electrons. The van der Waals surface area contributed by atoms with E-state index in [0.29, 0.717) is 10.7 Å². The first-order valence-electron chi connectivity index (χ1n) is 7.37. The summed E-state index contributed by atoms with van der Waals surface area (Å²) in [6.45, 7) is 1.60. The number of halogens is 3. The first-order valence-corrected chi connectivity index (χ1v) is 9.27. The number of para-hydroxylation sites is 1. The van der Waals surface area contributed by atoms with E-state index in [4.69, 9.17) is 0 Å². The zero-order valence-electron chi connectivity index (χ0n) is 13.1. The van der Waals surface area contributed by atoms with E-state index in [1.807, 2.05) is 36.4 Å². The minimum absolute atomic E-state index is 0.0510. The highest BCUT2D eigenvalue weighted by molar-refractivity contribution is 14.1. The van der Waals surface area contributed by atoms with E-state index < -0.39 is 18.0 Å². The number of nitrogens with one attached hydrogen (secondary N) is 1. The number of carbonyl (C=O) groups is 1. The average Bonchev–Trinajstić information content (AvgIpc) is 2.99. The summed E-state index contributed by atoms with van der Waals surface area (Å²) < 4.78 is 27.3. The van der Waals surface area contributed by atoms with Gasteiger partial charge in [0, 0.05) is 14.8 Å². The van der Waals surface area contributed by atoms with Crippen LogP contribution in [0.3, 0.4) is 0 Å². The van der Waals surface area contributed by atoms with E-state index in [1.54, 1.807) is 19.1 Å². The normalized spacial score (nSPS) is 10.9. The molecule has 3 nitrogen and oxygen atoms in total. The molecule has 0 spiro atoms. The van der Waals surface area contributed by atoms with Crippen LogP contribution in [0.5, 0.6) is 0 Å². The molecule has 1 aromatic heterocycles. The van der Waals surface area contributed by atoms with E-state index >= 15 is 0 Å². The first kappa shape index (κ1) is 17.9. The Bertz CT molecular complexity index is 910. The molecule has 0 atom stereocenters. The predicted octanol–water partition coefficient (Wildman–Crippen LogP) is 5.91. The maximum absolute atomic E-state index is 13.1. The van der Waals surface area contributed by atoms with Crippen LogP contribution in [0.1, 0.15) is 26.8 Å². The number of rotatable bonds is 4. The molecule has 2 aromatic carbocycles. The maximum Gasteiger partial charge on any atom is 0.282 e. The van der Waals surface area contributed by atoms with Gasteiger partial charge in [-0.1, -0.05) is 30.3 Å². The zero-order valence-corrected chi connectivity index (χ0v) is 16.1. The molecular weight excluding hydrogens is 457 g/mol. The Morgan fingerprint density at radius 2 is 1.84 bits per heavy atom. The van der Waals surface area contributed by atoms with Crippen LogP contribution >= 0.6 is 33.9 Å². The highest BCUT2D eigenvalue weighted by Gasteiger charge is 2.24. The molecule has 0 bridgehead atoms. The average molecular weight is 470 g/mol. The van der Waals surface area contributed by atoms with Crippen molar-refractivity contribution in [3.05, 3.63) is 67.7 Å². The molecule has 0 aliphatic rings. The number of carbonyl (C=O) groups excluding carboxylic acids is 1. The fraction of sp³-hybridized carbons (Fsp3) is 0.111. The molecule has 1 heterocycles. The largest absolute Gasteiger partial charge is 0.321 e. The van der Waals surface area contributed by atoms with Crippen molar-refractivity contribution >= 4 is 45.5 Å². The molecule has 0 aliphatic heterocycles. The molecule has 7 heteroatoms. The third-order valence-corrected chi connectivity index (χ3v) is 5.21. The number of hydrogen-bond donors (Lipinski definition) is 1. The van der Waals surface area contributed by atoms with Gasteiger partial charge in [0.15, 0.2) is 0 Å². The van der Waals surface area contributed by atoms with Crippen molar-refractivity contribution in [3.63, 3.8) is 0 Å². The van der Waals surface area contributed by atoms with Gasteiger partial charge in [-0.2, -0.15) is 0 Å². The number of aromatic nitrogens is 1. The van der Waals surface area contributed by atoms with Crippen molar-refractivity contribution < 1.29 is 13.6 Å². The lowest BCUT2D eigenvalue weighted by Gasteiger charge is -2.11. The number of nitrogens with zero attached hydrogens (tertiary/aromatic N) is 1. The summed E-state index contributed by atoms with van der Waals surface area (Å²) in [6, 6.07) is 15.1. The lowest BCUT2D eigenvalue weighted by Crippen LogP contribution is -2.13. The summed E-state index contributed by atoms with van der Waals surface area (Å²) in [4.78, 5) is 16.2. The van der Waals surface area contributed by atoms with Gasteiger partial charge in [0.25, 0.3) is 12.3 Å². The van der Waals surface area contributed by atoms with Gasteiger partial charge >= 0.3 is 0 Å². The number of thiazole rings is 1. The number of anilines is 1. The second-order valence-corrected chi connectivity index (χ2v) is 7.70. The van der Waals surface area contributed by atoms with Gasteiger partial charge in [-0.3, -0.25) is 4.79 Å². The van der Waals surface area contributed by atoms with E-state index in [9.17, 15) is 13.6 Å². The molecule has 3 rings (SSSR count). The first-order chi connectivity index (χ1) is 12.0. The molecule has 0 aliphatic carbocycles. The smallest absolute Gasteiger partial charge is 0.282 e. The Labute approximate surface area is 161 Å². The molecule has 1 N–H and O–H groups in total. The third-order valence-electron chi connectivity index (χ3n) is 3.50. The molecule has 1 amide bonds.